The molecule has 0 unspecified atom stereocenters. The van der Waals surface area contributed by atoms with E-state index in [2.05, 4.69) is 24.3 Å². The van der Waals surface area contributed by atoms with Gasteiger partial charge in [-0.1, -0.05) is 24.3 Å². The zero-order chi connectivity index (χ0) is 12.6. The average Bonchev–Trinajstić information content (AvgIpc) is 2.95. The summed E-state index contributed by atoms with van der Waals surface area (Å²) >= 11 is 0. The van der Waals surface area contributed by atoms with Crippen molar-refractivity contribution in [3.8, 4) is 0 Å². The van der Waals surface area contributed by atoms with Crippen LogP contribution in [0.5, 0.6) is 0 Å². The summed E-state index contributed by atoms with van der Waals surface area (Å²) in [6.45, 7) is 3.47. The molecule has 18 heavy (non-hydrogen) atoms. The molecule has 0 heterocycles. The van der Waals surface area contributed by atoms with Crippen LogP contribution in [0.4, 0.5) is 0 Å². The molecule has 0 aromatic heterocycles. The molecular formula is C16H18O2. The summed E-state index contributed by atoms with van der Waals surface area (Å²) in [7, 11) is 0. The molecule has 0 bridgehead atoms. The van der Waals surface area contributed by atoms with Gasteiger partial charge in [0, 0.05) is 11.8 Å². The van der Waals surface area contributed by atoms with Gasteiger partial charge in [0.05, 0.1) is 0 Å². The number of ketones is 2. The lowest BCUT2D eigenvalue weighted by Gasteiger charge is -2.21. The summed E-state index contributed by atoms with van der Waals surface area (Å²) in [6.07, 6.45) is 8.94. The Morgan fingerprint density at radius 2 is 0.944 bits per heavy atom. The standard InChI is InChI=1S/C16H18O2/c1-7(17)13-9-3-5-11-14(8(2)18)12-6-4-10(13)16(12)15(9)11/h3-6,9-16H,1-2H3/t9-,10-,11-,12-,13?,14?,15?,16?/m1/s1. The summed E-state index contributed by atoms with van der Waals surface area (Å²) in [5, 5.41) is 0. The molecule has 2 saturated carbocycles. The molecule has 4 rings (SSSR count). The van der Waals surface area contributed by atoms with E-state index in [9.17, 15) is 9.59 Å². The molecule has 2 fully saturated rings. The van der Waals surface area contributed by atoms with E-state index in [0.29, 0.717) is 47.1 Å². The molecular weight excluding hydrogens is 224 g/mol. The van der Waals surface area contributed by atoms with Gasteiger partial charge in [-0.3, -0.25) is 9.59 Å². The zero-order valence-electron chi connectivity index (χ0n) is 10.7. The zero-order valence-corrected chi connectivity index (χ0v) is 10.7. The van der Waals surface area contributed by atoms with Crippen molar-refractivity contribution in [3.63, 3.8) is 0 Å². The van der Waals surface area contributed by atoms with Crippen LogP contribution in [0.15, 0.2) is 24.3 Å². The second kappa shape index (κ2) is 3.23. The highest BCUT2D eigenvalue weighted by Crippen LogP contribution is 2.67. The van der Waals surface area contributed by atoms with Crippen LogP contribution in [0.1, 0.15) is 13.8 Å². The van der Waals surface area contributed by atoms with E-state index in [1.807, 2.05) is 0 Å². The Morgan fingerprint density at radius 3 is 1.17 bits per heavy atom. The second-order valence-electron chi connectivity index (χ2n) is 6.51. The van der Waals surface area contributed by atoms with E-state index in [4.69, 9.17) is 0 Å². The minimum atomic E-state index is 0.176. The summed E-state index contributed by atoms with van der Waals surface area (Å²) in [6, 6.07) is 0. The molecule has 94 valence electrons. The first-order chi connectivity index (χ1) is 8.61. The van der Waals surface area contributed by atoms with Gasteiger partial charge in [0.15, 0.2) is 0 Å². The lowest BCUT2D eigenvalue weighted by Crippen LogP contribution is -2.26. The largest absolute Gasteiger partial charge is 0.300 e. The van der Waals surface area contributed by atoms with Gasteiger partial charge in [-0.2, -0.15) is 0 Å². The lowest BCUT2D eigenvalue weighted by molar-refractivity contribution is -0.122. The van der Waals surface area contributed by atoms with Gasteiger partial charge in [-0.15, -0.1) is 0 Å². The Bertz CT molecular complexity index is 427. The second-order valence-corrected chi connectivity index (χ2v) is 6.51. The third kappa shape index (κ3) is 1.01. The van der Waals surface area contributed by atoms with Crippen molar-refractivity contribution in [2.24, 2.45) is 47.3 Å². The molecule has 4 aliphatic rings. The van der Waals surface area contributed by atoms with Gasteiger partial charge in [-0.05, 0) is 49.4 Å². The van der Waals surface area contributed by atoms with Crippen molar-refractivity contribution in [3.05, 3.63) is 24.3 Å². The fourth-order valence-electron chi connectivity index (χ4n) is 5.60. The Balaban J connectivity index is 1.82. The number of hydrogen-bond acceptors (Lipinski definition) is 2. The topological polar surface area (TPSA) is 34.1 Å². The minimum absolute atomic E-state index is 0.176. The van der Waals surface area contributed by atoms with E-state index in [-0.39, 0.29) is 11.8 Å². The smallest absolute Gasteiger partial charge is 0.134 e. The van der Waals surface area contributed by atoms with Crippen molar-refractivity contribution in [2.75, 3.05) is 0 Å². The lowest BCUT2D eigenvalue weighted by atomic mass is 9.80. The van der Waals surface area contributed by atoms with Crippen LogP contribution in [-0.4, -0.2) is 11.6 Å². The van der Waals surface area contributed by atoms with Crippen molar-refractivity contribution in [1.29, 1.82) is 0 Å². The van der Waals surface area contributed by atoms with Gasteiger partial charge < -0.3 is 0 Å². The van der Waals surface area contributed by atoms with Gasteiger partial charge in [0.1, 0.15) is 11.6 Å². The van der Waals surface area contributed by atoms with Crippen LogP contribution < -0.4 is 0 Å². The number of rotatable bonds is 2. The van der Waals surface area contributed by atoms with Crippen LogP contribution in [0.3, 0.4) is 0 Å². The number of hydrogen-bond donors (Lipinski definition) is 0. The van der Waals surface area contributed by atoms with Gasteiger partial charge in [-0.25, -0.2) is 0 Å². The van der Waals surface area contributed by atoms with E-state index in [1.165, 1.54) is 0 Å². The first kappa shape index (κ1) is 10.7. The summed E-state index contributed by atoms with van der Waals surface area (Å²) in [5.74, 6) is 3.72. The van der Waals surface area contributed by atoms with Crippen LogP contribution in [0.2, 0.25) is 0 Å². The van der Waals surface area contributed by atoms with Crippen LogP contribution in [0, 0.1) is 47.3 Å². The molecule has 0 aromatic carbocycles. The summed E-state index contributed by atoms with van der Waals surface area (Å²) < 4.78 is 0. The molecule has 0 spiro atoms. The van der Waals surface area contributed by atoms with E-state index < -0.39 is 0 Å². The highest BCUT2D eigenvalue weighted by Gasteiger charge is 2.65. The van der Waals surface area contributed by atoms with Crippen molar-refractivity contribution in [1.82, 2.24) is 0 Å². The van der Waals surface area contributed by atoms with Crippen molar-refractivity contribution < 1.29 is 9.59 Å². The summed E-state index contributed by atoms with van der Waals surface area (Å²) in [4.78, 5) is 23.9. The molecule has 0 aliphatic heterocycles. The molecule has 2 nitrogen and oxygen atoms in total. The van der Waals surface area contributed by atoms with Gasteiger partial charge in [0.2, 0.25) is 0 Å². The third-order valence-corrected chi connectivity index (χ3v) is 5.93. The molecule has 0 N–H and O–H groups in total. The quantitative estimate of drug-likeness (QED) is 0.696. The predicted octanol–water partition coefficient (Wildman–Crippen LogP) is 2.26. The number of allylic oxidation sites excluding steroid dienone is 4. The third-order valence-electron chi connectivity index (χ3n) is 5.93. The Kier molecular flexibility index (Phi) is 1.92. The van der Waals surface area contributed by atoms with E-state index in [0.717, 1.165) is 0 Å². The highest BCUT2D eigenvalue weighted by molar-refractivity contribution is 5.83. The molecule has 2 heteroatoms. The van der Waals surface area contributed by atoms with Crippen LogP contribution in [0.25, 0.3) is 0 Å². The predicted molar refractivity (Wildman–Crippen MR) is 67.6 cm³/mol. The maximum atomic E-state index is 11.9. The normalized spacial score (nSPS) is 54.1. The van der Waals surface area contributed by atoms with Crippen LogP contribution >= 0.6 is 0 Å². The molecule has 0 amide bonds. The highest BCUT2D eigenvalue weighted by atomic mass is 16.1. The summed E-state index contributed by atoms with van der Waals surface area (Å²) in [5.41, 5.74) is 0. The molecule has 0 saturated heterocycles. The molecule has 0 aromatic rings. The monoisotopic (exact) mass is 242 g/mol. The SMILES string of the molecule is CC(=O)C1[C@H]2C=C[C@@H]3C(C(C)=O)[C@H]4C=C[C@H]1C4C23. The Labute approximate surface area is 107 Å². The van der Waals surface area contributed by atoms with Gasteiger partial charge >= 0.3 is 0 Å². The first-order valence-corrected chi connectivity index (χ1v) is 6.99. The number of carbonyl (C=O) groups excluding carboxylic acids is 2. The minimum Gasteiger partial charge on any atom is -0.300 e. The maximum absolute atomic E-state index is 11.9. The molecule has 4 atom stereocenters. The Morgan fingerprint density at radius 1 is 0.667 bits per heavy atom. The Hall–Kier alpha value is -1.18. The fourth-order valence-corrected chi connectivity index (χ4v) is 5.60. The van der Waals surface area contributed by atoms with E-state index >= 15 is 0 Å². The van der Waals surface area contributed by atoms with Gasteiger partial charge in [0.25, 0.3) is 0 Å². The average molecular weight is 242 g/mol. The fraction of sp³-hybridized carbons (Fsp3) is 0.625. The molecule has 4 aliphatic carbocycles. The first-order valence-electron chi connectivity index (χ1n) is 6.99. The maximum Gasteiger partial charge on any atom is 0.134 e. The van der Waals surface area contributed by atoms with E-state index in [1.54, 1.807) is 13.8 Å². The van der Waals surface area contributed by atoms with Crippen molar-refractivity contribution in [2.45, 2.75) is 13.8 Å². The molecule has 0 radical (unpaired) electrons. The number of Topliss-reactive ketones (excluding diaryl/α,β-unsaturated/α-hetero) is 2. The van der Waals surface area contributed by atoms with Crippen LogP contribution in [-0.2, 0) is 9.59 Å². The number of carbonyl (C=O) groups is 2. The van der Waals surface area contributed by atoms with Crippen molar-refractivity contribution >= 4 is 11.6 Å².